The van der Waals surface area contributed by atoms with E-state index in [-0.39, 0.29) is 5.78 Å². The maximum absolute atomic E-state index is 11.7. The van der Waals surface area contributed by atoms with Crippen LogP contribution in [0.3, 0.4) is 0 Å². The van der Waals surface area contributed by atoms with Crippen LogP contribution in [0.2, 0.25) is 0 Å². The number of unbranched alkanes of at least 4 members (excludes halogenated alkanes) is 4. The van der Waals surface area contributed by atoms with E-state index in [1.807, 2.05) is 24.3 Å². The Morgan fingerprint density at radius 3 is 2.48 bits per heavy atom. The summed E-state index contributed by atoms with van der Waals surface area (Å²) in [6, 6.07) is 5.94. The summed E-state index contributed by atoms with van der Waals surface area (Å²) in [7, 11) is 3.27. The average Bonchev–Trinajstić information content (AvgIpc) is 2.58. The van der Waals surface area contributed by atoms with E-state index >= 15 is 0 Å². The molecule has 0 saturated carbocycles. The van der Waals surface area contributed by atoms with Gasteiger partial charge in [0.25, 0.3) is 0 Å². The fourth-order valence-electron chi connectivity index (χ4n) is 2.49. The predicted molar refractivity (Wildman–Crippen MR) is 95.4 cm³/mol. The number of hydrogen-bond acceptors (Lipinski definition) is 3. The van der Waals surface area contributed by atoms with Crippen molar-refractivity contribution in [2.45, 2.75) is 58.3 Å². The maximum Gasteiger partial charge on any atom is 0.160 e. The van der Waals surface area contributed by atoms with Crippen molar-refractivity contribution in [3.05, 3.63) is 35.9 Å². The molecule has 128 valence electrons. The number of carbonyl (C=O) groups excluding carboxylic acids is 1. The molecule has 1 aromatic rings. The Morgan fingerprint density at radius 2 is 1.78 bits per heavy atom. The summed E-state index contributed by atoms with van der Waals surface area (Å²) >= 11 is 0. The van der Waals surface area contributed by atoms with Gasteiger partial charge in [0.05, 0.1) is 14.2 Å². The summed E-state index contributed by atoms with van der Waals surface area (Å²) in [4.78, 5) is 11.7. The van der Waals surface area contributed by atoms with Gasteiger partial charge in [-0.25, -0.2) is 0 Å². The maximum atomic E-state index is 11.7. The number of methoxy groups -OCH3 is 2. The second-order valence-corrected chi connectivity index (χ2v) is 5.76. The van der Waals surface area contributed by atoms with Crippen LogP contribution in [0, 0.1) is 0 Å². The van der Waals surface area contributed by atoms with Gasteiger partial charge in [0.15, 0.2) is 17.3 Å². The molecule has 0 saturated heterocycles. The van der Waals surface area contributed by atoms with Gasteiger partial charge >= 0.3 is 0 Å². The van der Waals surface area contributed by atoms with Crippen LogP contribution in [0.25, 0.3) is 0 Å². The molecule has 0 spiro atoms. The Labute approximate surface area is 140 Å². The molecule has 1 rings (SSSR count). The smallest absolute Gasteiger partial charge is 0.160 e. The molecule has 0 atom stereocenters. The summed E-state index contributed by atoms with van der Waals surface area (Å²) in [5.74, 6) is 1.73. The number of ketones is 1. The van der Waals surface area contributed by atoms with Crippen LogP contribution in [0.5, 0.6) is 11.5 Å². The van der Waals surface area contributed by atoms with Gasteiger partial charge in [0.1, 0.15) is 0 Å². The normalized spacial score (nSPS) is 10.9. The van der Waals surface area contributed by atoms with Crippen molar-refractivity contribution < 1.29 is 14.3 Å². The molecule has 3 nitrogen and oxygen atoms in total. The van der Waals surface area contributed by atoms with Gasteiger partial charge in [-0.2, -0.15) is 0 Å². The molecule has 0 aliphatic heterocycles. The summed E-state index contributed by atoms with van der Waals surface area (Å²) in [6.07, 6.45) is 12.1. The van der Waals surface area contributed by atoms with Crippen molar-refractivity contribution in [1.29, 1.82) is 0 Å². The van der Waals surface area contributed by atoms with Crippen LogP contribution in [-0.2, 0) is 11.2 Å². The molecule has 0 bridgehead atoms. The number of hydrogen-bond donors (Lipinski definition) is 0. The first-order chi connectivity index (χ1) is 11.2. The quantitative estimate of drug-likeness (QED) is 0.396. The molecular weight excluding hydrogens is 288 g/mol. The van der Waals surface area contributed by atoms with Crippen LogP contribution < -0.4 is 9.47 Å². The van der Waals surface area contributed by atoms with Crippen molar-refractivity contribution in [2.75, 3.05) is 14.2 Å². The lowest BCUT2D eigenvalue weighted by Crippen LogP contribution is -1.94. The first kappa shape index (κ1) is 19.3. The van der Waals surface area contributed by atoms with E-state index in [2.05, 4.69) is 6.92 Å². The molecule has 0 aliphatic carbocycles. The molecule has 0 N–H and O–H groups in total. The van der Waals surface area contributed by atoms with Gasteiger partial charge in [-0.3, -0.25) is 4.79 Å². The lowest BCUT2D eigenvalue weighted by Gasteiger charge is -2.08. The van der Waals surface area contributed by atoms with E-state index in [4.69, 9.17) is 9.47 Å². The number of rotatable bonds is 12. The molecule has 0 heterocycles. The minimum Gasteiger partial charge on any atom is -0.493 e. The lowest BCUT2D eigenvalue weighted by atomic mass is 10.1. The highest BCUT2D eigenvalue weighted by Crippen LogP contribution is 2.27. The Bertz CT molecular complexity index is 492. The molecule has 0 fully saturated rings. The fourth-order valence-corrected chi connectivity index (χ4v) is 2.49. The van der Waals surface area contributed by atoms with Gasteiger partial charge in [0, 0.05) is 6.42 Å². The SMILES string of the molecule is CCCCCCCC(=O)C=CCCc1ccc(OC)c(OC)c1. The zero-order chi connectivity index (χ0) is 16.9. The largest absolute Gasteiger partial charge is 0.493 e. The monoisotopic (exact) mass is 318 g/mol. The predicted octanol–water partition coefficient (Wildman–Crippen LogP) is 5.12. The van der Waals surface area contributed by atoms with E-state index in [9.17, 15) is 4.79 Å². The Balaban J connectivity index is 2.29. The molecular formula is C20H30O3. The number of carbonyl (C=O) groups is 1. The molecule has 3 heteroatoms. The first-order valence-electron chi connectivity index (χ1n) is 8.61. The van der Waals surface area contributed by atoms with Crippen molar-refractivity contribution >= 4 is 5.78 Å². The number of aryl methyl sites for hydroxylation is 1. The van der Waals surface area contributed by atoms with Crippen LogP contribution in [0.1, 0.15) is 57.4 Å². The second-order valence-electron chi connectivity index (χ2n) is 5.76. The van der Waals surface area contributed by atoms with E-state index < -0.39 is 0 Å². The number of allylic oxidation sites excluding steroid dienone is 2. The highest BCUT2D eigenvalue weighted by molar-refractivity contribution is 5.89. The van der Waals surface area contributed by atoms with Crippen LogP contribution in [0.4, 0.5) is 0 Å². The van der Waals surface area contributed by atoms with Crippen LogP contribution >= 0.6 is 0 Å². The third kappa shape index (κ3) is 7.87. The number of ether oxygens (including phenoxy) is 2. The topological polar surface area (TPSA) is 35.5 Å². The van der Waals surface area contributed by atoms with Gasteiger partial charge in [-0.1, -0.05) is 44.7 Å². The summed E-state index contributed by atoms with van der Waals surface area (Å²) in [6.45, 7) is 2.20. The van der Waals surface area contributed by atoms with Crippen molar-refractivity contribution in [2.24, 2.45) is 0 Å². The minimum absolute atomic E-state index is 0.244. The minimum atomic E-state index is 0.244. The van der Waals surface area contributed by atoms with E-state index in [1.165, 1.54) is 31.2 Å². The van der Waals surface area contributed by atoms with Gasteiger partial charge < -0.3 is 9.47 Å². The lowest BCUT2D eigenvalue weighted by molar-refractivity contribution is -0.114. The van der Waals surface area contributed by atoms with E-state index in [0.29, 0.717) is 6.42 Å². The third-order valence-corrected chi connectivity index (χ3v) is 3.88. The van der Waals surface area contributed by atoms with Gasteiger partial charge in [0.2, 0.25) is 0 Å². The first-order valence-corrected chi connectivity index (χ1v) is 8.61. The summed E-state index contributed by atoms with van der Waals surface area (Å²) < 4.78 is 10.5. The zero-order valence-electron chi connectivity index (χ0n) is 14.8. The van der Waals surface area contributed by atoms with Crippen molar-refractivity contribution in [3.63, 3.8) is 0 Å². The third-order valence-electron chi connectivity index (χ3n) is 3.88. The van der Waals surface area contributed by atoms with E-state index in [0.717, 1.165) is 30.8 Å². The molecule has 23 heavy (non-hydrogen) atoms. The average molecular weight is 318 g/mol. The molecule has 0 aliphatic rings. The summed E-state index contributed by atoms with van der Waals surface area (Å²) in [5, 5.41) is 0. The van der Waals surface area contributed by atoms with E-state index in [1.54, 1.807) is 20.3 Å². The fraction of sp³-hybridized carbons (Fsp3) is 0.550. The van der Waals surface area contributed by atoms with Crippen LogP contribution in [-0.4, -0.2) is 20.0 Å². The van der Waals surface area contributed by atoms with Crippen LogP contribution in [0.15, 0.2) is 30.4 Å². The molecule has 1 aromatic carbocycles. The van der Waals surface area contributed by atoms with Crippen molar-refractivity contribution in [1.82, 2.24) is 0 Å². The zero-order valence-corrected chi connectivity index (χ0v) is 14.8. The molecule has 0 radical (unpaired) electrons. The number of benzene rings is 1. The second kappa shape index (κ2) is 11.8. The molecule has 0 amide bonds. The summed E-state index contributed by atoms with van der Waals surface area (Å²) in [5.41, 5.74) is 1.18. The Hall–Kier alpha value is -1.77. The Morgan fingerprint density at radius 1 is 1.04 bits per heavy atom. The van der Waals surface area contributed by atoms with Gasteiger partial charge in [-0.05, 0) is 43.0 Å². The molecule has 0 aromatic heterocycles. The molecule has 0 unspecified atom stereocenters. The van der Waals surface area contributed by atoms with Gasteiger partial charge in [-0.15, -0.1) is 0 Å². The highest BCUT2D eigenvalue weighted by Gasteiger charge is 2.04. The standard InChI is InChI=1S/C20H30O3/c1-4-5-6-7-8-12-18(21)13-10-9-11-17-14-15-19(22-2)20(16-17)23-3/h10,13-16H,4-9,11-12H2,1-3H3. The Kier molecular flexibility index (Phi) is 9.85. The highest BCUT2D eigenvalue weighted by atomic mass is 16.5. The van der Waals surface area contributed by atoms with Crippen molar-refractivity contribution in [3.8, 4) is 11.5 Å².